The number of H-pyrrole nitrogens is 1. The van der Waals surface area contributed by atoms with E-state index in [1.165, 1.54) is 0 Å². The van der Waals surface area contributed by atoms with Crippen molar-refractivity contribution in [1.29, 1.82) is 0 Å². The van der Waals surface area contributed by atoms with E-state index in [1.54, 1.807) is 0 Å². The lowest BCUT2D eigenvalue weighted by atomic mass is 10.1. The SMILES string of the molecule is O=C(CS)Cc1cc(-c2ccc(Cl)cc2)n[nH]1. The van der Waals surface area contributed by atoms with E-state index >= 15 is 0 Å². The van der Waals surface area contributed by atoms with Crippen molar-refractivity contribution in [3.8, 4) is 11.3 Å². The molecule has 0 aliphatic rings. The van der Waals surface area contributed by atoms with Gasteiger partial charge in [0.15, 0.2) is 0 Å². The first-order chi connectivity index (χ1) is 8.19. The lowest BCUT2D eigenvalue weighted by Crippen LogP contribution is -2.03. The molecule has 17 heavy (non-hydrogen) atoms. The Bertz CT molecular complexity index is 522. The average molecular weight is 267 g/mol. The Balaban J connectivity index is 2.18. The number of hydrogen-bond acceptors (Lipinski definition) is 3. The van der Waals surface area contributed by atoms with Crippen molar-refractivity contribution in [2.75, 3.05) is 5.75 Å². The molecule has 2 rings (SSSR count). The molecule has 1 aromatic carbocycles. The predicted octanol–water partition coefficient (Wildman–Crippen LogP) is 2.77. The van der Waals surface area contributed by atoms with Crippen LogP contribution in [-0.4, -0.2) is 21.7 Å². The number of halogens is 1. The van der Waals surface area contributed by atoms with Crippen LogP contribution < -0.4 is 0 Å². The summed E-state index contributed by atoms with van der Waals surface area (Å²) >= 11 is 9.75. The van der Waals surface area contributed by atoms with Crippen LogP contribution in [0.15, 0.2) is 30.3 Å². The molecule has 0 saturated heterocycles. The Kier molecular flexibility index (Phi) is 3.86. The van der Waals surface area contributed by atoms with Gasteiger partial charge in [-0.3, -0.25) is 9.89 Å². The van der Waals surface area contributed by atoms with Crippen molar-refractivity contribution in [2.45, 2.75) is 6.42 Å². The van der Waals surface area contributed by atoms with Gasteiger partial charge in [-0.1, -0.05) is 23.7 Å². The highest BCUT2D eigenvalue weighted by Gasteiger charge is 2.07. The van der Waals surface area contributed by atoms with Crippen LogP contribution in [0.4, 0.5) is 0 Å². The van der Waals surface area contributed by atoms with Gasteiger partial charge in [0.2, 0.25) is 0 Å². The minimum Gasteiger partial charge on any atom is -0.298 e. The molecule has 0 bridgehead atoms. The van der Waals surface area contributed by atoms with Crippen molar-refractivity contribution in [3.63, 3.8) is 0 Å². The summed E-state index contributed by atoms with van der Waals surface area (Å²) in [6.45, 7) is 0. The molecule has 3 nitrogen and oxygen atoms in total. The van der Waals surface area contributed by atoms with Crippen LogP contribution in [0.2, 0.25) is 5.02 Å². The Labute approximate surface area is 110 Å². The molecule has 0 atom stereocenters. The molecule has 2 aromatic rings. The number of rotatable bonds is 4. The summed E-state index contributed by atoms with van der Waals surface area (Å²) < 4.78 is 0. The second-order valence-corrected chi connectivity index (χ2v) is 4.41. The van der Waals surface area contributed by atoms with Gasteiger partial charge < -0.3 is 0 Å². The zero-order valence-electron chi connectivity index (χ0n) is 8.98. The second kappa shape index (κ2) is 5.38. The molecule has 0 aliphatic heterocycles. The Morgan fingerprint density at radius 3 is 2.71 bits per heavy atom. The zero-order chi connectivity index (χ0) is 12.3. The average Bonchev–Trinajstić information content (AvgIpc) is 2.78. The zero-order valence-corrected chi connectivity index (χ0v) is 10.6. The summed E-state index contributed by atoms with van der Waals surface area (Å²) in [5.41, 5.74) is 2.58. The number of thiol groups is 1. The van der Waals surface area contributed by atoms with Gasteiger partial charge in [-0.2, -0.15) is 17.7 Å². The van der Waals surface area contributed by atoms with E-state index in [0.717, 1.165) is 17.0 Å². The van der Waals surface area contributed by atoms with Crippen LogP contribution in [0.3, 0.4) is 0 Å². The van der Waals surface area contributed by atoms with Gasteiger partial charge in [0, 0.05) is 28.5 Å². The van der Waals surface area contributed by atoms with E-state index in [0.29, 0.717) is 11.4 Å². The minimum absolute atomic E-state index is 0.0691. The molecule has 1 aromatic heterocycles. The number of nitrogens with one attached hydrogen (secondary N) is 1. The number of benzene rings is 1. The molecule has 0 spiro atoms. The monoisotopic (exact) mass is 266 g/mol. The number of carbonyl (C=O) groups excluding carboxylic acids is 1. The normalized spacial score (nSPS) is 10.5. The number of Topliss-reactive ketones (excluding diaryl/α,β-unsaturated/α-hetero) is 1. The van der Waals surface area contributed by atoms with E-state index in [9.17, 15) is 4.79 Å². The van der Waals surface area contributed by atoms with Crippen molar-refractivity contribution >= 4 is 30.0 Å². The van der Waals surface area contributed by atoms with Crippen LogP contribution in [-0.2, 0) is 11.2 Å². The first-order valence-electron chi connectivity index (χ1n) is 5.12. The van der Waals surface area contributed by atoms with Gasteiger partial charge in [0.05, 0.1) is 5.69 Å². The highest BCUT2D eigenvalue weighted by Crippen LogP contribution is 2.20. The summed E-state index contributed by atoms with van der Waals surface area (Å²) in [4.78, 5) is 11.2. The number of aromatic amines is 1. The number of hydrogen-bond donors (Lipinski definition) is 2. The van der Waals surface area contributed by atoms with Crippen LogP contribution in [0.1, 0.15) is 5.69 Å². The van der Waals surface area contributed by atoms with E-state index in [2.05, 4.69) is 22.8 Å². The molecule has 0 saturated carbocycles. The molecule has 0 aliphatic carbocycles. The third kappa shape index (κ3) is 3.11. The Morgan fingerprint density at radius 2 is 2.06 bits per heavy atom. The highest BCUT2D eigenvalue weighted by molar-refractivity contribution is 7.81. The van der Waals surface area contributed by atoms with E-state index in [-0.39, 0.29) is 11.5 Å². The minimum atomic E-state index is 0.0691. The number of aromatic nitrogens is 2. The molecule has 88 valence electrons. The van der Waals surface area contributed by atoms with Crippen LogP contribution in [0.25, 0.3) is 11.3 Å². The first-order valence-corrected chi connectivity index (χ1v) is 6.13. The van der Waals surface area contributed by atoms with Gasteiger partial charge in [-0.25, -0.2) is 0 Å². The van der Waals surface area contributed by atoms with Crippen LogP contribution in [0.5, 0.6) is 0 Å². The summed E-state index contributed by atoms with van der Waals surface area (Å²) in [5, 5.41) is 7.69. The quantitative estimate of drug-likeness (QED) is 0.836. The van der Waals surface area contributed by atoms with Crippen molar-refractivity contribution in [1.82, 2.24) is 10.2 Å². The van der Waals surface area contributed by atoms with Gasteiger partial charge >= 0.3 is 0 Å². The maximum atomic E-state index is 11.2. The fourth-order valence-electron chi connectivity index (χ4n) is 1.49. The smallest absolute Gasteiger partial charge is 0.148 e. The molecule has 1 heterocycles. The number of nitrogens with zero attached hydrogens (tertiary/aromatic N) is 1. The van der Waals surface area contributed by atoms with Gasteiger partial charge in [-0.15, -0.1) is 0 Å². The summed E-state index contributed by atoms with van der Waals surface area (Å²) in [7, 11) is 0. The van der Waals surface area contributed by atoms with Crippen LogP contribution in [0, 0.1) is 0 Å². The predicted molar refractivity (Wildman–Crippen MR) is 71.6 cm³/mol. The first kappa shape index (κ1) is 12.2. The third-order valence-electron chi connectivity index (χ3n) is 2.33. The van der Waals surface area contributed by atoms with E-state index < -0.39 is 0 Å². The lowest BCUT2D eigenvalue weighted by molar-refractivity contribution is -0.116. The fraction of sp³-hybridized carbons (Fsp3) is 0.167. The lowest BCUT2D eigenvalue weighted by Gasteiger charge is -1.95. The molecule has 0 amide bonds. The standard InChI is InChI=1S/C12H11ClN2OS/c13-9-3-1-8(2-4-9)12-6-10(14-15-12)5-11(16)7-17/h1-4,6,17H,5,7H2,(H,14,15). The molecule has 0 fully saturated rings. The molecular formula is C12H11ClN2OS. The van der Waals surface area contributed by atoms with Gasteiger partial charge in [0.1, 0.15) is 5.78 Å². The second-order valence-electron chi connectivity index (χ2n) is 3.66. The molecular weight excluding hydrogens is 256 g/mol. The molecule has 1 N–H and O–H groups in total. The summed E-state index contributed by atoms with van der Waals surface area (Å²) in [6.07, 6.45) is 0.337. The Morgan fingerprint density at radius 1 is 1.35 bits per heavy atom. The third-order valence-corrected chi connectivity index (χ3v) is 2.94. The summed E-state index contributed by atoms with van der Waals surface area (Å²) in [5.74, 6) is 0.314. The molecule has 0 unspecified atom stereocenters. The Hall–Kier alpha value is -1.26. The van der Waals surface area contributed by atoms with Crippen molar-refractivity contribution in [3.05, 3.63) is 41.0 Å². The number of carbonyl (C=O) groups is 1. The van der Waals surface area contributed by atoms with Crippen molar-refractivity contribution < 1.29 is 4.79 Å². The van der Waals surface area contributed by atoms with Crippen molar-refractivity contribution in [2.24, 2.45) is 0 Å². The highest BCUT2D eigenvalue weighted by atomic mass is 35.5. The molecule has 0 radical (unpaired) electrons. The summed E-state index contributed by atoms with van der Waals surface area (Å²) in [6, 6.07) is 9.27. The number of ketones is 1. The molecule has 5 heteroatoms. The van der Waals surface area contributed by atoms with Crippen LogP contribution >= 0.6 is 24.2 Å². The van der Waals surface area contributed by atoms with Gasteiger partial charge in [0.25, 0.3) is 0 Å². The van der Waals surface area contributed by atoms with Gasteiger partial charge in [-0.05, 0) is 18.2 Å². The maximum absolute atomic E-state index is 11.2. The van der Waals surface area contributed by atoms with E-state index in [1.807, 2.05) is 30.3 Å². The largest absolute Gasteiger partial charge is 0.298 e. The maximum Gasteiger partial charge on any atom is 0.148 e. The fourth-order valence-corrected chi connectivity index (χ4v) is 1.73. The topological polar surface area (TPSA) is 45.8 Å². The van der Waals surface area contributed by atoms with E-state index in [4.69, 9.17) is 11.6 Å².